The molecule has 0 aliphatic carbocycles. The van der Waals surface area contributed by atoms with Gasteiger partial charge in [-0.25, -0.2) is 9.59 Å². The first-order valence-corrected chi connectivity index (χ1v) is 2.74. The first-order valence-electron chi connectivity index (χ1n) is 2.74. The van der Waals surface area contributed by atoms with Gasteiger partial charge in [0.2, 0.25) is 0 Å². The van der Waals surface area contributed by atoms with Crippen LogP contribution in [0.15, 0.2) is 25.3 Å². The lowest BCUT2D eigenvalue weighted by molar-refractivity contribution is -0.132. The molecule has 0 amide bonds. The summed E-state index contributed by atoms with van der Waals surface area (Å²) in [4.78, 5) is 26.9. The van der Waals surface area contributed by atoms with Crippen LogP contribution in [0.5, 0.6) is 0 Å². The average molecular weight is 190 g/mol. The van der Waals surface area contributed by atoms with Gasteiger partial charge in [0, 0.05) is 12.2 Å². The van der Waals surface area contributed by atoms with Crippen LogP contribution in [0.25, 0.3) is 0 Å². The molecule has 0 spiro atoms. The molecule has 0 heterocycles. The molecule has 3 N–H and O–H groups in total. The largest absolute Gasteiger partial charge is 0.483 e. The highest BCUT2D eigenvalue weighted by Gasteiger charge is 1.73. The molecular weight excluding hydrogens is 180 g/mol. The van der Waals surface area contributed by atoms with E-state index >= 15 is 0 Å². The number of hydrogen-bond donors (Lipinski definition) is 3. The summed E-state index contributed by atoms with van der Waals surface area (Å²) in [6.45, 7) is 5.67. The number of aliphatic carboxylic acids is 2. The molecule has 0 aromatic rings. The molecule has 0 aromatic heterocycles. The third-order valence-electron chi connectivity index (χ3n) is 0.349. The van der Waals surface area contributed by atoms with Crippen LogP contribution in [0, 0.1) is 0 Å². The molecule has 13 heavy (non-hydrogen) atoms. The van der Waals surface area contributed by atoms with Crippen LogP contribution in [0.2, 0.25) is 0 Å². The molecule has 0 atom stereocenters. The standard InChI is InChI=1S/2C3H4O2.CH2O2/c2*1-2-3(4)5;2-1-3/h2*2H,1H2,(H,4,5);1H,(H,2,3). The second kappa shape index (κ2) is 16.5. The monoisotopic (exact) mass is 190 g/mol. The Morgan fingerprint density at radius 2 is 1.08 bits per heavy atom. The van der Waals surface area contributed by atoms with Crippen LogP contribution in [0.3, 0.4) is 0 Å². The van der Waals surface area contributed by atoms with Crippen LogP contribution in [0.4, 0.5) is 0 Å². The van der Waals surface area contributed by atoms with Crippen molar-refractivity contribution in [2.45, 2.75) is 0 Å². The van der Waals surface area contributed by atoms with Crippen LogP contribution in [0.1, 0.15) is 0 Å². The SMILES string of the molecule is C=CC(=O)O.C=CC(=O)O.O=CO. The van der Waals surface area contributed by atoms with Gasteiger partial charge in [-0.3, -0.25) is 4.79 Å². The lowest BCUT2D eigenvalue weighted by Gasteiger charge is -1.64. The first-order chi connectivity index (χ1) is 5.95. The van der Waals surface area contributed by atoms with Crippen molar-refractivity contribution in [1.29, 1.82) is 0 Å². The maximum absolute atomic E-state index is 9.25. The minimum atomic E-state index is -0.981. The zero-order valence-electron chi connectivity index (χ0n) is 6.71. The van der Waals surface area contributed by atoms with E-state index in [1.54, 1.807) is 0 Å². The number of carboxylic acid groups (broad SMARTS) is 3. The Labute approximate surface area is 74.4 Å². The van der Waals surface area contributed by atoms with Crippen molar-refractivity contribution in [3.05, 3.63) is 25.3 Å². The number of hydrogen-bond acceptors (Lipinski definition) is 3. The fourth-order valence-electron chi connectivity index (χ4n) is 0. The maximum Gasteiger partial charge on any atom is 0.327 e. The summed E-state index contributed by atoms with van der Waals surface area (Å²) in [7, 11) is 0. The maximum atomic E-state index is 9.25. The average Bonchev–Trinajstić information content (AvgIpc) is 2.07. The third-order valence-corrected chi connectivity index (χ3v) is 0.349. The van der Waals surface area contributed by atoms with Gasteiger partial charge in [-0.1, -0.05) is 13.2 Å². The van der Waals surface area contributed by atoms with Gasteiger partial charge in [0.1, 0.15) is 0 Å². The Kier molecular flexibility index (Phi) is 21.7. The molecule has 74 valence electrons. The topological polar surface area (TPSA) is 112 Å². The molecule has 6 heteroatoms. The minimum absolute atomic E-state index is 0.250. The molecule has 6 nitrogen and oxygen atoms in total. The van der Waals surface area contributed by atoms with E-state index in [0.29, 0.717) is 0 Å². The molecule has 0 aliphatic rings. The van der Waals surface area contributed by atoms with E-state index in [2.05, 4.69) is 13.2 Å². The molecule has 0 saturated carbocycles. The van der Waals surface area contributed by atoms with Crippen LogP contribution < -0.4 is 0 Å². The van der Waals surface area contributed by atoms with E-state index in [0.717, 1.165) is 12.2 Å². The lowest BCUT2D eigenvalue weighted by Crippen LogP contribution is -1.82. The van der Waals surface area contributed by atoms with E-state index in [1.807, 2.05) is 0 Å². The van der Waals surface area contributed by atoms with Crippen molar-refractivity contribution in [2.24, 2.45) is 0 Å². The molecule has 0 aromatic carbocycles. The summed E-state index contributed by atoms with van der Waals surface area (Å²) in [5, 5.41) is 22.1. The Morgan fingerprint density at radius 3 is 1.08 bits per heavy atom. The Morgan fingerprint density at radius 1 is 1.00 bits per heavy atom. The second-order valence-corrected chi connectivity index (χ2v) is 1.19. The minimum Gasteiger partial charge on any atom is -0.483 e. The van der Waals surface area contributed by atoms with E-state index in [4.69, 9.17) is 20.1 Å². The third kappa shape index (κ3) is 172. The fraction of sp³-hybridized carbons (Fsp3) is 0. The number of carboxylic acids is 2. The fourth-order valence-corrected chi connectivity index (χ4v) is 0. The summed E-state index contributed by atoms with van der Waals surface area (Å²) in [6.07, 6.45) is 1.67. The summed E-state index contributed by atoms with van der Waals surface area (Å²) < 4.78 is 0. The molecule has 0 rings (SSSR count). The normalized spacial score (nSPS) is 5.85. The highest BCUT2D eigenvalue weighted by Crippen LogP contribution is 1.55. The van der Waals surface area contributed by atoms with Gasteiger partial charge in [0.25, 0.3) is 6.47 Å². The predicted molar refractivity (Wildman–Crippen MR) is 44.4 cm³/mol. The molecule has 0 radical (unpaired) electrons. The number of rotatable bonds is 2. The summed E-state index contributed by atoms with van der Waals surface area (Å²) in [5.74, 6) is -1.96. The summed E-state index contributed by atoms with van der Waals surface area (Å²) in [6, 6.07) is 0. The van der Waals surface area contributed by atoms with Gasteiger partial charge in [0.15, 0.2) is 0 Å². The quantitative estimate of drug-likeness (QED) is 0.424. The van der Waals surface area contributed by atoms with Gasteiger partial charge in [-0.15, -0.1) is 0 Å². The van der Waals surface area contributed by atoms with Crippen LogP contribution in [-0.4, -0.2) is 33.7 Å². The van der Waals surface area contributed by atoms with Gasteiger partial charge in [0.05, 0.1) is 0 Å². The van der Waals surface area contributed by atoms with Crippen molar-refractivity contribution in [2.75, 3.05) is 0 Å². The number of carbonyl (C=O) groups is 3. The first kappa shape index (κ1) is 17.1. The van der Waals surface area contributed by atoms with Gasteiger partial charge in [-0.2, -0.15) is 0 Å². The smallest absolute Gasteiger partial charge is 0.327 e. The highest BCUT2D eigenvalue weighted by atomic mass is 16.4. The zero-order valence-corrected chi connectivity index (χ0v) is 6.71. The lowest BCUT2D eigenvalue weighted by atomic mass is 10.7. The molecule has 0 saturated heterocycles. The highest BCUT2D eigenvalue weighted by molar-refractivity contribution is 5.79. The molecule has 0 fully saturated rings. The van der Waals surface area contributed by atoms with Crippen LogP contribution in [-0.2, 0) is 14.4 Å². The van der Waals surface area contributed by atoms with Crippen molar-refractivity contribution in [3.63, 3.8) is 0 Å². The van der Waals surface area contributed by atoms with Gasteiger partial charge in [-0.05, 0) is 0 Å². The Hall–Kier alpha value is -2.11. The molecule has 0 unspecified atom stereocenters. The van der Waals surface area contributed by atoms with Gasteiger partial charge >= 0.3 is 11.9 Å². The summed E-state index contributed by atoms with van der Waals surface area (Å²) in [5.41, 5.74) is 0. The van der Waals surface area contributed by atoms with Crippen molar-refractivity contribution in [3.8, 4) is 0 Å². The van der Waals surface area contributed by atoms with E-state index in [1.165, 1.54) is 0 Å². The molecule has 0 aliphatic heterocycles. The summed E-state index contributed by atoms with van der Waals surface area (Å²) >= 11 is 0. The zero-order chi connectivity index (χ0) is 11.3. The molecule has 0 bridgehead atoms. The predicted octanol–water partition coefficient (Wildman–Crippen LogP) is 0.215. The van der Waals surface area contributed by atoms with Gasteiger partial charge < -0.3 is 15.3 Å². The van der Waals surface area contributed by atoms with Crippen molar-refractivity contribution < 1.29 is 29.7 Å². The second-order valence-electron chi connectivity index (χ2n) is 1.19. The van der Waals surface area contributed by atoms with E-state index < -0.39 is 11.9 Å². The van der Waals surface area contributed by atoms with Crippen LogP contribution >= 0.6 is 0 Å². The molecular formula is C7H10O6. The van der Waals surface area contributed by atoms with Crippen molar-refractivity contribution in [1.82, 2.24) is 0 Å². The Balaban J connectivity index is -0.000000120. The Bertz CT molecular complexity index is 165. The van der Waals surface area contributed by atoms with E-state index in [-0.39, 0.29) is 6.47 Å². The van der Waals surface area contributed by atoms with E-state index in [9.17, 15) is 9.59 Å². The van der Waals surface area contributed by atoms with Crippen molar-refractivity contribution >= 4 is 18.4 Å².